The van der Waals surface area contributed by atoms with Gasteiger partial charge in [0, 0.05) is 11.1 Å². The summed E-state index contributed by atoms with van der Waals surface area (Å²) in [4.78, 5) is 12.3. The summed E-state index contributed by atoms with van der Waals surface area (Å²) in [5, 5.41) is 16.2. The monoisotopic (exact) mass is 423 g/mol. The fraction of sp³-hybridized carbons (Fsp3) is 0.294. The molecule has 1 N–H and O–H groups in total. The molecule has 10 heteroatoms. The summed E-state index contributed by atoms with van der Waals surface area (Å²) in [6.07, 6.45) is 1.68. The van der Waals surface area contributed by atoms with Crippen LogP contribution in [0.4, 0.5) is 5.82 Å². The van der Waals surface area contributed by atoms with Gasteiger partial charge in [0.25, 0.3) is 5.19 Å². The molecule has 1 amide bonds. The highest BCUT2D eigenvalue weighted by Gasteiger charge is 2.12. The Morgan fingerprint density at radius 1 is 1.33 bits per heavy atom. The summed E-state index contributed by atoms with van der Waals surface area (Å²) in [6.45, 7) is 4.32. The highest BCUT2D eigenvalue weighted by Crippen LogP contribution is 2.27. The van der Waals surface area contributed by atoms with E-state index in [4.69, 9.17) is 16.3 Å². The first-order chi connectivity index (χ1) is 13.0. The third-order valence-electron chi connectivity index (χ3n) is 3.31. The lowest BCUT2D eigenvalue weighted by Crippen LogP contribution is -2.17. The van der Waals surface area contributed by atoms with Gasteiger partial charge in [0.15, 0.2) is 4.34 Å². The number of aromatic nitrogens is 4. The van der Waals surface area contributed by atoms with Crippen LogP contribution in [-0.2, 0) is 11.3 Å². The lowest BCUT2D eigenvalue weighted by Gasteiger charge is -2.09. The average molecular weight is 424 g/mol. The van der Waals surface area contributed by atoms with Crippen molar-refractivity contribution in [1.29, 1.82) is 0 Å². The molecule has 0 spiro atoms. The maximum atomic E-state index is 12.3. The normalized spacial score (nSPS) is 11.0. The first kappa shape index (κ1) is 19.7. The number of carbonyl (C=O) groups excluding carboxylic acids is 1. The van der Waals surface area contributed by atoms with Crippen molar-refractivity contribution in [3.63, 3.8) is 0 Å². The van der Waals surface area contributed by atoms with Crippen LogP contribution >= 0.6 is 34.7 Å². The first-order valence-corrected chi connectivity index (χ1v) is 10.4. The quantitative estimate of drug-likeness (QED) is 0.552. The fourth-order valence-electron chi connectivity index (χ4n) is 2.16. The number of amides is 1. The van der Waals surface area contributed by atoms with Crippen LogP contribution in [0.25, 0.3) is 0 Å². The van der Waals surface area contributed by atoms with Gasteiger partial charge in [-0.1, -0.05) is 46.7 Å². The van der Waals surface area contributed by atoms with Gasteiger partial charge in [-0.05, 0) is 36.8 Å². The maximum absolute atomic E-state index is 12.3. The van der Waals surface area contributed by atoms with Gasteiger partial charge < -0.3 is 10.1 Å². The lowest BCUT2D eigenvalue weighted by atomic mass is 10.2. The van der Waals surface area contributed by atoms with E-state index in [1.807, 2.05) is 38.1 Å². The molecule has 0 unspecified atom stereocenters. The average Bonchev–Trinajstić information content (AvgIpc) is 3.24. The molecule has 2 heterocycles. The van der Waals surface area contributed by atoms with E-state index >= 15 is 0 Å². The number of hydrogen-bond donors (Lipinski definition) is 1. The minimum absolute atomic E-state index is 0.0394. The Labute approximate surface area is 170 Å². The Morgan fingerprint density at radius 3 is 2.93 bits per heavy atom. The van der Waals surface area contributed by atoms with Crippen LogP contribution in [-0.4, -0.2) is 37.7 Å². The predicted molar refractivity (Wildman–Crippen MR) is 108 cm³/mol. The molecule has 3 rings (SSSR count). The van der Waals surface area contributed by atoms with Crippen molar-refractivity contribution in [2.45, 2.75) is 30.8 Å². The molecule has 1 aromatic carbocycles. The Bertz CT molecular complexity index is 912. The Balaban J connectivity index is 1.55. The topological polar surface area (TPSA) is 81.9 Å². The molecule has 0 saturated heterocycles. The predicted octanol–water partition coefficient (Wildman–Crippen LogP) is 3.95. The third-order valence-corrected chi connectivity index (χ3v) is 5.63. The Morgan fingerprint density at radius 2 is 2.15 bits per heavy atom. The summed E-state index contributed by atoms with van der Waals surface area (Å²) in [6, 6.07) is 9.30. The van der Waals surface area contributed by atoms with Crippen LogP contribution in [0.1, 0.15) is 19.4 Å². The van der Waals surface area contributed by atoms with Gasteiger partial charge in [-0.25, -0.2) is 4.68 Å². The number of rotatable bonds is 8. The number of nitrogens with zero attached hydrogens (tertiary/aromatic N) is 4. The van der Waals surface area contributed by atoms with Crippen molar-refractivity contribution >= 4 is 46.4 Å². The van der Waals surface area contributed by atoms with E-state index in [1.54, 1.807) is 16.9 Å². The minimum atomic E-state index is -0.151. The summed E-state index contributed by atoms with van der Waals surface area (Å²) >= 11 is 8.83. The second kappa shape index (κ2) is 9.20. The summed E-state index contributed by atoms with van der Waals surface area (Å²) in [7, 11) is 0. The molecule has 0 bridgehead atoms. The molecule has 0 atom stereocenters. The van der Waals surface area contributed by atoms with Gasteiger partial charge in [0.2, 0.25) is 5.91 Å². The largest absolute Gasteiger partial charge is 0.466 e. The fourth-order valence-corrected chi connectivity index (χ4v) is 3.96. The van der Waals surface area contributed by atoms with Gasteiger partial charge in [0.1, 0.15) is 5.82 Å². The molecule has 0 radical (unpaired) electrons. The van der Waals surface area contributed by atoms with Crippen molar-refractivity contribution < 1.29 is 9.53 Å². The summed E-state index contributed by atoms with van der Waals surface area (Å²) in [5.41, 5.74) is 0.930. The van der Waals surface area contributed by atoms with Crippen LogP contribution in [0.15, 0.2) is 40.9 Å². The van der Waals surface area contributed by atoms with Crippen molar-refractivity contribution in [1.82, 2.24) is 20.0 Å². The van der Waals surface area contributed by atoms with Crippen LogP contribution in [0.3, 0.4) is 0 Å². The molecule has 0 aliphatic rings. The van der Waals surface area contributed by atoms with Gasteiger partial charge in [-0.2, -0.15) is 5.10 Å². The van der Waals surface area contributed by atoms with Gasteiger partial charge in [0.05, 0.1) is 24.6 Å². The molecular formula is C17H18ClN5O2S2. The number of halogens is 1. The highest BCUT2D eigenvalue weighted by molar-refractivity contribution is 8.01. The van der Waals surface area contributed by atoms with Crippen LogP contribution in [0.5, 0.6) is 5.19 Å². The Kier molecular flexibility index (Phi) is 6.70. The number of benzene rings is 1. The second-order valence-corrected chi connectivity index (χ2v) is 8.37. The molecule has 0 aliphatic heterocycles. The Hall–Kier alpha value is -2.10. The molecule has 0 aliphatic carbocycles. The molecular weight excluding hydrogens is 406 g/mol. The number of thioether (sulfide) groups is 1. The first-order valence-electron chi connectivity index (χ1n) is 8.19. The van der Waals surface area contributed by atoms with Crippen molar-refractivity contribution in [3.8, 4) is 5.19 Å². The van der Waals surface area contributed by atoms with E-state index in [0.29, 0.717) is 26.9 Å². The van der Waals surface area contributed by atoms with E-state index in [2.05, 4.69) is 20.6 Å². The second-order valence-electron chi connectivity index (χ2n) is 5.80. The zero-order chi connectivity index (χ0) is 19.2. The number of nitrogens with one attached hydrogen (secondary N) is 1. The van der Waals surface area contributed by atoms with Crippen LogP contribution in [0.2, 0.25) is 5.02 Å². The SMILES string of the molecule is CC(C)Oc1nnc(SCC(=O)Nc2ccnn2Cc2ccccc2Cl)s1. The zero-order valence-corrected chi connectivity index (χ0v) is 17.1. The van der Waals surface area contributed by atoms with E-state index in [1.165, 1.54) is 23.1 Å². The van der Waals surface area contributed by atoms with E-state index < -0.39 is 0 Å². The van der Waals surface area contributed by atoms with Crippen LogP contribution in [0, 0.1) is 0 Å². The van der Waals surface area contributed by atoms with Crippen molar-refractivity contribution in [2.24, 2.45) is 0 Å². The molecule has 27 heavy (non-hydrogen) atoms. The molecule has 3 aromatic rings. The van der Waals surface area contributed by atoms with Gasteiger partial charge >= 0.3 is 0 Å². The third kappa shape index (κ3) is 5.69. The number of anilines is 1. The zero-order valence-electron chi connectivity index (χ0n) is 14.8. The highest BCUT2D eigenvalue weighted by atomic mass is 35.5. The number of carbonyl (C=O) groups is 1. The number of ether oxygens (including phenoxy) is 1. The van der Waals surface area contributed by atoms with Crippen molar-refractivity contribution in [2.75, 3.05) is 11.1 Å². The van der Waals surface area contributed by atoms with E-state index in [0.717, 1.165) is 5.56 Å². The van der Waals surface area contributed by atoms with Gasteiger partial charge in [-0.3, -0.25) is 4.79 Å². The summed E-state index contributed by atoms with van der Waals surface area (Å²) < 4.78 is 7.86. The summed E-state index contributed by atoms with van der Waals surface area (Å²) in [5.74, 6) is 0.678. The number of hydrogen-bond acceptors (Lipinski definition) is 7. The van der Waals surface area contributed by atoms with E-state index in [-0.39, 0.29) is 17.8 Å². The molecule has 7 nitrogen and oxygen atoms in total. The molecule has 142 valence electrons. The molecule has 0 fully saturated rings. The van der Waals surface area contributed by atoms with E-state index in [9.17, 15) is 4.79 Å². The minimum Gasteiger partial charge on any atom is -0.466 e. The maximum Gasteiger partial charge on any atom is 0.295 e. The van der Waals surface area contributed by atoms with Crippen molar-refractivity contribution in [3.05, 3.63) is 47.1 Å². The molecule has 0 saturated carbocycles. The van der Waals surface area contributed by atoms with Crippen LogP contribution < -0.4 is 10.1 Å². The standard InChI is InChI=1S/C17H18ClN5O2S2/c1-11(2)25-16-21-22-17(27-16)26-10-15(24)20-14-7-8-19-23(14)9-12-5-3-4-6-13(12)18/h3-8,11H,9-10H2,1-2H3,(H,20,24). The van der Waals surface area contributed by atoms with Gasteiger partial charge in [-0.15, -0.1) is 5.10 Å². The molecule has 2 aromatic heterocycles. The smallest absolute Gasteiger partial charge is 0.295 e. The lowest BCUT2D eigenvalue weighted by molar-refractivity contribution is -0.113.